The van der Waals surface area contributed by atoms with E-state index in [9.17, 15) is 18.4 Å². The van der Waals surface area contributed by atoms with Crippen molar-refractivity contribution in [3.8, 4) is 5.88 Å². The molecule has 0 aliphatic rings. The maximum atomic E-state index is 14.0. The lowest BCUT2D eigenvalue weighted by Crippen LogP contribution is -2.32. The first kappa shape index (κ1) is 27.4. The molecule has 0 saturated heterocycles. The number of aromatic nitrogens is 1. The Kier molecular flexibility index (Phi) is 11.1. The number of ether oxygens (including phenoxy) is 1. The normalized spacial score (nSPS) is 11.0. The van der Waals surface area contributed by atoms with Crippen molar-refractivity contribution >= 4 is 28.5 Å². The number of hydrogen-bond acceptors (Lipinski definition) is 8. The summed E-state index contributed by atoms with van der Waals surface area (Å²) in [6.07, 6.45) is 1.38. The molecule has 0 atom stereocenters. The van der Waals surface area contributed by atoms with Crippen LogP contribution in [0.2, 0.25) is 0 Å². The molecular weight excluding hydrogens is 472 g/mol. The molecule has 0 aliphatic carbocycles. The summed E-state index contributed by atoms with van der Waals surface area (Å²) in [6.45, 7) is 2.96. The van der Waals surface area contributed by atoms with Crippen molar-refractivity contribution in [3.05, 3.63) is 40.5 Å². The number of nitrogens with two attached hydrogens (primary N) is 1. The number of nitrogens with zero attached hydrogens (tertiary/aromatic N) is 2. The van der Waals surface area contributed by atoms with Crippen molar-refractivity contribution in [2.45, 2.75) is 26.4 Å². The quantitative estimate of drug-likeness (QED) is 0.247. The average Bonchev–Trinajstić information content (AvgIpc) is 3.15. The minimum atomic E-state index is -0.920. The Morgan fingerprint density at radius 1 is 1.15 bits per heavy atom. The summed E-state index contributed by atoms with van der Waals surface area (Å²) >= 11 is 0.748. The summed E-state index contributed by atoms with van der Waals surface area (Å²) in [7, 11) is 0. The van der Waals surface area contributed by atoms with E-state index in [2.05, 4.69) is 15.0 Å². The van der Waals surface area contributed by atoms with Gasteiger partial charge in [-0.2, -0.15) is 4.37 Å². The van der Waals surface area contributed by atoms with Gasteiger partial charge in [-0.25, -0.2) is 13.6 Å². The van der Waals surface area contributed by atoms with Crippen LogP contribution in [0, 0.1) is 18.6 Å². The standard InChI is InChI=1S/C21H29F2N5O5S/c1-13-10-15(22)14(16(23)11-13)12-33-19-17(18(24)31)20(34-27-19)26-21(32)25-4-2-3-5-28(6-8-29)7-9-30/h10-11,29-30H,2-9,12H2,1H3,(H2,24,31)(H2,25,26,32). The molecule has 10 nitrogen and oxygen atoms in total. The Morgan fingerprint density at radius 2 is 1.79 bits per heavy atom. The molecule has 188 valence electrons. The lowest BCUT2D eigenvalue weighted by molar-refractivity contribution is 0.0996. The molecule has 13 heteroatoms. The number of amides is 3. The van der Waals surface area contributed by atoms with E-state index in [4.69, 9.17) is 20.7 Å². The van der Waals surface area contributed by atoms with Crippen LogP contribution in [0.5, 0.6) is 5.88 Å². The molecule has 0 saturated carbocycles. The third kappa shape index (κ3) is 8.17. The summed E-state index contributed by atoms with van der Waals surface area (Å²) in [5.74, 6) is -2.74. The molecule has 6 N–H and O–H groups in total. The number of nitrogens with one attached hydrogen (secondary N) is 2. The fourth-order valence-electron chi connectivity index (χ4n) is 3.11. The molecule has 0 unspecified atom stereocenters. The first-order valence-electron chi connectivity index (χ1n) is 10.6. The highest BCUT2D eigenvalue weighted by molar-refractivity contribution is 7.11. The van der Waals surface area contributed by atoms with Crippen molar-refractivity contribution in [2.24, 2.45) is 5.73 Å². The van der Waals surface area contributed by atoms with Crippen LogP contribution in [0.3, 0.4) is 0 Å². The number of aliphatic hydroxyl groups excluding tert-OH is 2. The number of urea groups is 1. The van der Waals surface area contributed by atoms with Crippen LogP contribution in [-0.4, -0.2) is 70.8 Å². The monoisotopic (exact) mass is 501 g/mol. The molecule has 34 heavy (non-hydrogen) atoms. The first-order valence-corrected chi connectivity index (χ1v) is 11.4. The van der Waals surface area contributed by atoms with Gasteiger partial charge >= 0.3 is 6.03 Å². The van der Waals surface area contributed by atoms with Crippen molar-refractivity contribution in [3.63, 3.8) is 0 Å². The highest BCUT2D eigenvalue weighted by Gasteiger charge is 2.23. The van der Waals surface area contributed by atoms with Gasteiger partial charge in [-0.05, 0) is 55.5 Å². The number of primary amides is 1. The number of unbranched alkanes of at least 4 members (excludes halogenated alkanes) is 1. The topological polar surface area (TPSA) is 150 Å². The molecular formula is C21H29F2N5O5S. The second kappa shape index (κ2) is 13.7. The number of carbonyl (C=O) groups is 2. The molecule has 0 spiro atoms. The fraction of sp³-hybridized carbons (Fsp3) is 0.476. The summed E-state index contributed by atoms with van der Waals surface area (Å²) in [5.41, 5.74) is 5.28. The van der Waals surface area contributed by atoms with E-state index in [1.165, 1.54) is 0 Å². The Morgan fingerprint density at radius 3 is 2.38 bits per heavy atom. The van der Waals surface area contributed by atoms with Gasteiger partial charge in [0, 0.05) is 19.6 Å². The summed E-state index contributed by atoms with van der Waals surface area (Å²) < 4.78 is 37.3. The second-order valence-corrected chi connectivity index (χ2v) is 8.20. The number of aliphatic hydroxyl groups is 2. The number of hydrogen-bond donors (Lipinski definition) is 5. The van der Waals surface area contributed by atoms with E-state index in [0.29, 0.717) is 38.2 Å². The Hall–Kier alpha value is -2.87. The van der Waals surface area contributed by atoms with E-state index in [1.807, 2.05) is 4.90 Å². The molecule has 0 radical (unpaired) electrons. The van der Waals surface area contributed by atoms with Gasteiger partial charge in [0.2, 0.25) is 5.88 Å². The number of halogens is 2. The Balaban J connectivity index is 1.89. The van der Waals surface area contributed by atoms with Crippen molar-refractivity contribution in [1.82, 2.24) is 14.6 Å². The van der Waals surface area contributed by atoms with Gasteiger partial charge in [-0.1, -0.05) is 0 Å². The van der Waals surface area contributed by atoms with Gasteiger partial charge in [-0.15, -0.1) is 0 Å². The lowest BCUT2D eigenvalue weighted by atomic mass is 10.1. The van der Waals surface area contributed by atoms with Crippen LogP contribution in [0.25, 0.3) is 0 Å². The van der Waals surface area contributed by atoms with E-state index >= 15 is 0 Å². The third-order valence-electron chi connectivity index (χ3n) is 4.79. The maximum Gasteiger partial charge on any atom is 0.319 e. The largest absolute Gasteiger partial charge is 0.471 e. The van der Waals surface area contributed by atoms with Crippen molar-refractivity contribution in [1.29, 1.82) is 0 Å². The molecule has 2 rings (SSSR count). The van der Waals surface area contributed by atoms with Crippen LogP contribution in [0.1, 0.15) is 34.3 Å². The molecule has 2 aromatic rings. The zero-order valence-corrected chi connectivity index (χ0v) is 19.6. The average molecular weight is 502 g/mol. The highest BCUT2D eigenvalue weighted by Crippen LogP contribution is 2.31. The minimum Gasteiger partial charge on any atom is -0.471 e. The van der Waals surface area contributed by atoms with E-state index in [0.717, 1.165) is 30.1 Å². The molecule has 0 bridgehead atoms. The number of anilines is 1. The smallest absolute Gasteiger partial charge is 0.319 e. The molecule has 1 aromatic carbocycles. The van der Waals surface area contributed by atoms with Gasteiger partial charge in [0.15, 0.2) is 0 Å². The van der Waals surface area contributed by atoms with Gasteiger partial charge < -0.3 is 26.0 Å². The summed E-state index contributed by atoms with van der Waals surface area (Å²) in [5, 5.41) is 23.2. The molecule has 1 heterocycles. The van der Waals surface area contributed by atoms with Gasteiger partial charge in [0.05, 0.1) is 18.8 Å². The van der Waals surface area contributed by atoms with Crippen LogP contribution in [0.15, 0.2) is 12.1 Å². The summed E-state index contributed by atoms with van der Waals surface area (Å²) in [4.78, 5) is 26.0. The van der Waals surface area contributed by atoms with Crippen molar-refractivity contribution < 1.29 is 33.3 Å². The maximum absolute atomic E-state index is 14.0. The number of benzene rings is 1. The summed E-state index contributed by atoms with van der Waals surface area (Å²) in [6, 6.07) is 1.73. The first-order chi connectivity index (χ1) is 16.3. The van der Waals surface area contributed by atoms with E-state index < -0.39 is 30.2 Å². The third-order valence-corrected chi connectivity index (χ3v) is 5.54. The van der Waals surface area contributed by atoms with E-state index in [-0.39, 0.29) is 35.2 Å². The predicted molar refractivity (Wildman–Crippen MR) is 123 cm³/mol. The van der Waals surface area contributed by atoms with Crippen LogP contribution >= 0.6 is 11.5 Å². The van der Waals surface area contributed by atoms with E-state index in [1.54, 1.807) is 6.92 Å². The minimum absolute atomic E-state index is 0.00168. The zero-order valence-electron chi connectivity index (χ0n) is 18.8. The molecule has 3 amide bonds. The second-order valence-electron chi connectivity index (χ2n) is 7.43. The van der Waals surface area contributed by atoms with Crippen LogP contribution in [-0.2, 0) is 6.61 Å². The molecule has 0 fully saturated rings. The number of aryl methyl sites for hydroxylation is 1. The van der Waals surface area contributed by atoms with Gasteiger partial charge in [-0.3, -0.25) is 15.0 Å². The fourth-order valence-corrected chi connectivity index (χ4v) is 3.85. The van der Waals surface area contributed by atoms with Crippen LogP contribution in [0.4, 0.5) is 18.6 Å². The van der Waals surface area contributed by atoms with Crippen molar-refractivity contribution in [2.75, 3.05) is 44.7 Å². The molecule has 0 aliphatic heterocycles. The SMILES string of the molecule is Cc1cc(F)c(COc2nsc(NC(=O)NCCCCN(CCO)CCO)c2C(N)=O)c(F)c1. The highest BCUT2D eigenvalue weighted by atomic mass is 32.1. The Labute approximate surface area is 199 Å². The number of rotatable bonds is 14. The van der Waals surface area contributed by atoms with Gasteiger partial charge in [0.25, 0.3) is 5.91 Å². The molecule has 1 aromatic heterocycles. The lowest BCUT2D eigenvalue weighted by Gasteiger charge is -2.19. The predicted octanol–water partition coefficient (Wildman–Crippen LogP) is 1.60. The Bertz CT molecular complexity index is 946. The number of carbonyl (C=O) groups excluding carboxylic acids is 2. The van der Waals surface area contributed by atoms with Crippen LogP contribution < -0.4 is 21.1 Å². The zero-order chi connectivity index (χ0) is 25.1. The van der Waals surface area contributed by atoms with Gasteiger partial charge in [0.1, 0.15) is 28.8 Å².